The lowest BCUT2D eigenvalue weighted by Gasteiger charge is -2.02. The molecule has 0 atom stereocenters. The average molecular weight is 274 g/mol. The second-order valence-corrected chi connectivity index (χ2v) is 3.83. The molecule has 9 nitrogen and oxygen atoms in total. The van der Waals surface area contributed by atoms with Crippen LogP contribution in [0.1, 0.15) is 15.9 Å². The predicted octanol–water partition coefficient (Wildman–Crippen LogP) is 1.24. The van der Waals surface area contributed by atoms with Crippen LogP contribution >= 0.6 is 0 Å². The molecule has 1 aromatic carbocycles. The Labute approximate surface area is 113 Å². The first-order chi connectivity index (χ1) is 9.51. The number of carbonyl (C=O) groups is 1. The molecule has 0 saturated carbocycles. The summed E-state index contributed by atoms with van der Waals surface area (Å²) >= 11 is 0. The summed E-state index contributed by atoms with van der Waals surface area (Å²) in [5.41, 5.74) is 0.486. The summed E-state index contributed by atoms with van der Waals surface area (Å²) in [5.74, 6) is -0.574. The van der Waals surface area contributed by atoms with Gasteiger partial charge in [0.05, 0.1) is 4.92 Å². The van der Waals surface area contributed by atoms with Gasteiger partial charge in [0.15, 0.2) is 0 Å². The van der Waals surface area contributed by atoms with E-state index in [1.165, 1.54) is 24.4 Å². The predicted molar refractivity (Wildman–Crippen MR) is 70.0 cm³/mol. The Balaban J connectivity index is 2.23. The molecule has 2 rings (SSSR count). The molecule has 0 aliphatic heterocycles. The smallest absolute Gasteiger partial charge is 0.273 e. The van der Waals surface area contributed by atoms with Gasteiger partial charge >= 0.3 is 0 Å². The van der Waals surface area contributed by atoms with Crippen molar-refractivity contribution in [2.24, 2.45) is 0 Å². The normalized spacial score (nSPS) is 10.1. The molecule has 1 amide bonds. The van der Waals surface area contributed by atoms with Crippen molar-refractivity contribution in [2.75, 3.05) is 5.32 Å². The second kappa shape index (κ2) is 5.26. The molecule has 0 saturated heterocycles. The van der Waals surface area contributed by atoms with Crippen LogP contribution in [-0.2, 0) is 0 Å². The highest BCUT2D eigenvalue weighted by atomic mass is 16.6. The Kier molecular flexibility index (Phi) is 3.51. The van der Waals surface area contributed by atoms with Crippen molar-refractivity contribution >= 4 is 23.7 Å². The molecule has 0 fully saturated rings. The van der Waals surface area contributed by atoms with Crippen LogP contribution < -0.4 is 5.32 Å². The van der Waals surface area contributed by atoms with Gasteiger partial charge < -0.3 is 0 Å². The minimum atomic E-state index is -0.559. The van der Waals surface area contributed by atoms with E-state index in [2.05, 4.69) is 27.3 Å². The summed E-state index contributed by atoms with van der Waals surface area (Å²) < 4.78 is 0. The highest BCUT2D eigenvalue weighted by Gasteiger charge is 2.16. The van der Waals surface area contributed by atoms with Gasteiger partial charge in [0, 0.05) is 23.4 Å². The van der Waals surface area contributed by atoms with Crippen LogP contribution in [0.5, 0.6) is 0 Å². The summed E-state index contributed by atoms with van der Waals surface area (Å²) in [6.07, 6.45) is 1.30. The molecule has 0 aliphatic carbocycles. The first-order valence-electron chi connectivity index (χ1n) is 5.49. The number of nitro benzene ring substituents is 1. The van der Waals surface area contributed by atoms with E-state index >= 15 is 0 Å². The van der Waals surface area contributed by atoms with Crippen LogP contribution in [0.2, 0.25) is 0 Å². The highest BCUT2D eigenvalue weighted by Crippen LogP contribution is 2.19. The van der Waals surface area contributed by atoms with Crippen LogP contribution in [-0.4, -0.2) is 31.0 Å². The van der Waals surface area contributed by atoms with Gasteiger partial charge in [-0.05, 0) is 18.2 Å². The van der Waals surface area contributed by atoms with E-state index in [1.807, 2.05) is 0 Å². The minimum Gasteiger partial charge on any atom is -0.288 e. The molecule has 102 valence electrons. The van der Waals surface area contributed by atoms with Crippen molar-refractivity contribution in [1.82, 2.24) is 20.2 Å². The number of nitrogens with zero attached hydrogens (tertiary/aromatic N) is 5. The maximum absolute atomic E-state index is 11.9. The summed E-state index contributed by atoms with van der Waals surface area (Å²) in [6, 6.07) is 4.18. The first-order valence-corrected chi connectivity index (χ1v) is 5.49. The fraction of sp³-hybridized carbons (Fsp3) is 0.0909. The monoisotopic (exact) mass is 274 g/mol. The standard InChI is InChI=1S/C11H10N6O3/c1-3-16-14-11(13-15-16)12-10(18)8-5-4-7(2)9(6-8)17(19)20/h3-6H,1H2,2H3,(H,12,14,18). The minimum absolute atomic E-state index is 0.0156. The number of aromatic nitrogens is 4. The summed E-state index contributed by atoms with van der Waals surface area (Å²) in [4.78, 5) is 23.3. The fourth-order valence-electron chi connectivity index (χ4n) is 1.47. The van der Waals surface area contributed by atoms with Crippen molar-refractivity contribution in [3.63, 3.8) is 0 Å². The third-order valence-electron chi connectivity index (χ3n) is 2.48. The van der Waals surface area contributed by atoms with Crippen molar-refractivity contribution in [3.8, 4) is 0 Å². The Hall–Kier alpha value is -3.10. The van der Waals surface area contributed by atoms with E-state index in [4.69, 9.17) is 0 Å². The number of rotatable bonds is 4. The van der Waals surface area contributed by atoms with Crippen LogP contribution in [0, 0.1) is 17.0 Å². The van der Waals surface area contributed by atoms with Gasteiger partial charge in [0.2, 0.25) is 0 Å². The molecule has 0 unspecified atom stereocenters. The molecule has 9 heteroatoms. The second-order valence-electron chi connectivity index (χ2n) is 3.83. The van der Waals surface area contributed by atoms with E-state index in [0.717, 1.165) is 4.80 Å². The SMILES string of the molecule is C=Cn1nnc(NC(=O)c2ccc(C)c([N+](=O)[O-])c2)n1. The molecule has 1 N–H and O–H groups in total. The van der Waals surface area contributed by atoms with E-state index < -0.39 is 10.8 Å². The number of anilines is 1. The van der Waals surface area contributed by atoms with Gasteiger partial charge in [-0.25, -0.2) is 0 Å². The number of nitro groups is 1. The molecular weight excluding hydrogens is 264 g/mol. The zero-order valence-corrected chi connectivity index (χ0v) is 10.5. The van der Waals surface area contributed by atoms with Gasteiger partial charge in [-0.2, -0.15) is 0 Å². The quantitative estimate of drug-likeness (QED) is 0.662. The van der Waals surface area contributed by atoms with E-state index in [1.54, 1.807) is 6.92 Å². The van der Waals surface area contributed by atoms with Gasteiger partial charge in [0.1, 0.15) is 0 Å². The Bertz CT molecular complexity index is 693. The van der Waals surface area contributed by atoms with Gasteiger partial charge in [-0.15, -0.1) is 9.90 Å². The summed E-state index contributed by atoms with van der Waals surface area (Å²) in [5, 5.41) is 24.1. The van der Waals surface area contributed by atoms with Crippen molar-refractivity contribution < 1.29 is 9.72 Å². The lowest BCUT2D eigenvalue weighted by Crippen LogP contribution is -2.13. The van der Waals surface area contributed by atoms with Crippen LogP contribution in [0.4, 0.5) is 11.6 Å². The molecule has 1 heterocycles. The third-order valence-corrected chi connectivity index (χ3v) is 2.48. The third kappa shape index (κ3) is 2.66. The van der Waals surface area contributed by atoms with Gasteiger partial charge in [-0.3, -0.25) is 20.2 Å². The lowest BCUT2D eigenvalue weighted by atomic mass is 10.1. The fourth-order valence-corrected chi connectivity index (χ4v) is 1.47. The first kappa shape index (κ1) is 13.3. The zero-order valence-electron chi connectivity index (χ0n) is 10.5. The van der Waals surface area contributed by atoms with Crippen LogP contribution in [0.25, 0.3) is 6.20 Å². The molecule has 20 heavy (non-hydrogen) atoms. The zero-order chi connectivity index (χ0) is 14.7. The summed E-state index contributed by atoms with van der Waals surface area (Å²) in [7, 11) is 0. The van der Waals surface area contributed by atoms with Crippen LogP contribution in [0.3, 0.4) is 0 Å². The van der Waals surface area contributed by atoms with Crippen LogP contribution in [0.15, 0.2) is 24.8 Å². The molecule has 1 aromatic heterocycles. The number of aryl methyl sites for hydroxylation is 1. The molecular formula is C11H10N6O3. The number of benzene rings is 1. The topological polar surface area (TPSA) is 116 Å². The van der Waals surface area contributed by atoms with Crippen molar-refractivity contribution in [2.45, 2.75) is 6.92 Å². The number of tetrazole rings is 1. The number of nitrogens with one attached hydrogen (secondary N) is 1. The van der Waals surface area contributed by atoms with E-state index in [0.29, 0.717) is 5.56 Å². The molecule has 0 bridgehead atoms. The molecule has 0 aliphatic rings. The number of hydrogen-bond acceptors (Lipinski definition) is 6. The van der Waals surface area contributed by atoms with Gasteiger partial charge in [0.25, 0.3) is 17.5 Å². The largest absolute Gasteiger partial charge is 0.288 e. The van der Waals surface area contributed by atoms with E-state index in [9.17, 15) is 14.9 Å². The Morgan fingerprint density at radius 3 is 2.90 bits per heavy atom. The van der Waals surface area contributed by atoms with Crippen molar-refractivity contribution in [1.29, 1.82) is 0 Å². The highest BCUT2D eigenvalue weighted by molar-refractivity contribution is 6.03. The maximum atomic E-state index is 11.9. The van der Waals surface area contributed by atoms with Crippen molar-refractivity contribution in [3.05, 3.63) is 46.0 Å². The average Bonchev–Trinajstić information content (AvgIpc) is 2.86. The number of amides is 1. The summed E-state index contributed by atoms with van der Waals surface area (Å²) in [6.45, 7) is 5.03. The Morgan fingerprint density at radius 1 is 1.55 bits per heavy atom. The number of hydrogen-bond donors (Lipinski definition) is 1. The molecule has 2 aromatic rings. The number of carbonyl (C=O) groups excluding carboxylic acids is 1. The maximum Gasteiger partial charge on any atom is 0.273 e. The molecule has 0 radical (unpaired) electrons. The molecule has 0 spiro atoms. The lowest BCUT2D eigenvalue weighted by molar-refractivity contribution is -0.385. The van der Waals surface area contributed by atoms with Gasteiger partial charge in [-0.1, -0.05) is 17.7 Å². The van der Waals surface area contributed by atoms with E-state index in [-0.39, 0.29) is 17.2 Å². The Morgan fingerprint density at radius 2 is 2.30 bits per heavy atom.